The summed E-state index contributed by atoms with van der Waals surface area (Å²) in [5, 5.41) is 9.38. The lowest BCUT2D eigenvalue weighted by molar-refractivity contribution is 0.00578. The van der Waals surface area contributed by atoms with E-state index in [1.165, 1.54) is 12.1 Å². The van der Waals surface area contributed by atoms with Gasteiger partial charge in [-0.25, -0.2) is 4.39 Å². The monoisotopic (exact) mass is 307 g/mol. The van der Waals surface area contributed by atoms with Gasteiger partial charge in [-0.1, -0.05) is 12.1 Å². The normalized spacial score (nSPS) is 20.5. The number of hydrogen-bond acceptors (Lipinski definition) is 4. The summed E-state index contributed by atoms with van der Waals surface area (Å²) in [6.07, 6.45) is 1.73. The number of halogens is 1. The highest BCUT2D eigenvalue weighted by Gasteiger charge is 2.52. The Bertz CT molecular complexity index is 571. The second kappa shape index (κ2) is 6.12. The third-order valence-corrected chi connectivity index (χ3v) is 4.41. The first kappa shape index (κ1) is 17.2. The van der Waals surface area contributed by atoms with E-state index < -0.39 is 18.3 Å². The maximum absolute atomic E-state index is 13.5. The van der Waals surface area contributed by atoms with Gasteiger partial charge in [0.25, 0.3) is 0 Å². The SMILES string of the molecule is CC1(C)OB(C(=Cc2cc(F)ccc2CO)CN)OC1(C)C. The Balaban J connectivity index is 2.35. The Labute approximate surface area is 131 Å². The molecule has 120 valence electrons. The van der Waals surface area contributed by atoms with Crippen LogP contribution >= 0.6 is 0 Å². The maximum Gasteiger partial charge on any atom is 0.491 e. The van der Waals surface area contributed by atoms with Crippen LogP contribution in [0.3, 0.4) is 0 Å². The number of aliphatic hydroxyl groups is 1. The van der Waals surface area contributed by atoms with Crippen LogP contribution in [0.1, 0.15) is 38.8 Å². The third kappa shape index (κ3) is 3.25. The first-order chi connectivity index (χ1) is 10.2. The van der Waals surface area contributed by atoms with E-state index in [0.29, 0.717) is 16.6 Å². The summed E-state index contributed by atoms with van der Waals surface area (Å²) in [5.41, 5.74) is 6.81. The van der Waals surface area contributed by atoms with E-state index in [-0.39, 0.29) is 19.0 Å². The maximum atomic E-state index is 13.5. The molecule has 1 aromatic rings. The van der Waals surface area contributed by atoms with Gasteiger partial charge >= 0.3 is 7.12 Å². The fourth-order valence-electron chi connectivity index (χ4n) is 2.26. The van der Waals surface area contributed by atoms with Gasteiger partial charge < -0.3 is 20.1 Å². The molecule has 4 nitrogen and oxygen atoms in total. The summed E-state index contributed by atoms with van der Waals surface area (Å²) in [4.78, 5) is 0. The molecule has 0 atom stereocenters. The Morgan fingerprint density at radius 2 is 1.86 bits per heavy atom. The summed E-state index contributed by atoms with van der Waals surface area (Å²) in [5.74, 6) is -0.367. The van der Waals surface area contributed by atoms with E-state index in [0.717, 1.165) is 0 Å². The van der Waals surface area contributed by atoms with Crippen molar-refractivity contribution in [3.05, 3.63) is 40.6 Å². The van der Waals surface area contributed by atoms with Crippen LogP contribution in [0.25, 0.3) is 6.08 Å². The second-order valence-electron chi connectivity index (χ2n) is 6.51. The Kier molecular flexibility index (Phi) is 4.77. The van der Waals surface area contributed by atoms with Gasteiger partial charge in [-0.3, -0.25) is 0 Å². The lowest BCUT2D eigenvalue weighted by atomic mass is 9.77. The summed E-state index contributed by atoms with van der Waals surface area (Å²) in [6, 6.07) is 4.24. The van der Waals surface area contributed by atoms with E-state index in [2.05, 4.69) is 0 Å². The zero-order valence-corrected chi connectivity index (χ0v) is 13.5. The lowest BCUT2D eigenvalue weighted by Crippen LogP contribution is -2.41. The molecule has 1 aromatic carbocycles. The molecule has 22 heavy (non-hydrogen) atoms. The lowest BCUT2D eigenvalue weighted by Gasteiger charge is -2.32. The van der Waals surface area contributed by atoms with Crippen molar-refractivity contribution in [1.82, 2.24) is 0 Å². The molecule has 1 aliphatic rings. The highest BCUT2D eigenvalue weighted by atomic mass is 19.1. The Morgan fingerprint density at radius 1 is 1.27 bits per heavy atom. The van der Waals surface area contributed by atoms with Gasteiger partial charge in [0, 0.05) is 6.54 Å². The molecule has 0 spiro atoms. The molecule has 1 saturated heterocycles. The minimum Gasteiger partial charge on any atom is -0.400 e. The van der Waals surface area contributed by atoms with Crippen LogP contribution < -0.4 is 5.73 Å². The number of benzene rings is 1. The quantitative estimate of drug-likeness (QED) is 0.838. The number of rotatable bonds is 4. The van der Waals surface area contributed by atoms with Gasteiger partial charge in [0.2, 0.25) is 0 Å². The zero-order chi connectivity index (χ0) is 16.5. The third-order valence-electron chi connectivity index (χ3n) is 4.41. The van der Waals surface area contributed by atoms with Crippen LogP contribution in [-0.2, 0) is 15.9 Å². The van der Waals surface area contributed by atoms with Crippen molar-refractivity contribution >= 4 is 13.2 Å². The fourth-order valence-corrected chi connectivity index (χ4v) is 2.26. The topological polar surface area (TPSA) is 64.7 Å². The molecule has 0 aromatic heterocycles. The second-order valence-corrected chi connectivity index (χ2v) is 6.51. The minimum atomic E-state index is -0.579. The van der Waals surface area contributed by atoms with Crippen LogP contribution in [0.4, 0.5) is 4.39 Å². The number of hydrogen-bond donors (Lipinski definition) is 2. The molecular weight excluding hydrogens is 284 g/mol. The predicted octanol–water partition coefficient (Wildman–Crippen LogP) is 2.29. The Morgan fingerprint density at radius 3 is 2.36 bits per heavy atom. The molecule has 1 heterocycles. The van der Waals surface area contributed by atoms with Gasteiger partial charge in [0.1, 0.15) is 5.82 Å². The van der Waals surface area contributed by atoms with Gasteiger partial charge in [-0.2, -0.15) is 0 Å². The first-order valence-electron chi connectivity index (χ1n) is 7.35. The van der Waals surface area contributed by atoms with Gasteiger partial charge in [0.15, 0.2) is 0 Å². The average molecular weight is 307 g/mol. The molecule has 3 N–H and O–H groups in total. The standard InChI is InChI=1S/C16H23BFNO3/c1-15(2)16(3,4)22-17(21-15)13(9-19)7-12-8-14(18)6-5-11(12)10-20/h5-8,20H,9-10,19H2,1-4H3. The summed E-state index contributed by atoms with van der Waals surface area (Å²) < 4.78 is 25.4. The van der Waals surface area contributed by atoms with E-state index in [1.807, 2.05) is 27.7 Å². The van der Waals surface area contributed by atoms with Gasteiger partial charge in [0.05, 0.1) is 17.8 Å². The predicted molar refractivity (Wildman–Crippen MR) is 85.4 cm³/mol. The van der Waals surface area contributed by atoms with Gasteiger partial charge in [-0.05, 0) is 56.4 Å². The molecule has 6 heteroatoms. The van der Waals surface area contributed by atoms with Crippen molar-refractivity contribution < 1.29 is 18.8 Å². The average Bonchev–Trinajstić information content (AvgIpc) is 2.64. The van der Waals surface area contributed by atoms with Crippen LogP contribution in [-0.4, -0.2) is 30.0 Å². The zero-order valence-electron chi connectivity index (χ0n) is 13.5. The van der Waals surface area contributed by atoms with Crippen LogP contribution in [0, 0.1) is 5.82 Å². The molecule has 1 fully saturated rings. The summed E-state index contributed by atoms with van der Waals surface area (Å²) >= 11 is 0. The molecule has 0 bridgehead atoms. The summed E-state index contributed by atoms with van der Waals surface area (Å²) in [6.45, 7) is 7.89. The summed E-state index contributed by atoms with van der Waals surface area (Å²) in [7, 11) is -0.579. The van der Waals surface area contributed by atoms with Crippen molar-refractivity contribution in [3.63, 3.8) is 0 Å². The molecule has 0 aliphatic carbocycles. The van der Waals surface area contributed by atoms with Crippen LogP contribution in [0.5, 0.6) is 0 Å². The minimum absolute atomic E-state index is 0.173. The van der Waals surface area contributed by atoms with Crippen molar-refractivity contribution in [2.24, 2.45) is 5.73 Å². The molecule has 1 aliphatic heterocycles. The molecular formula is C16H23BFNO3. The largest absolute Gasteiger partial charge is 0.491 e. The van der Waals surface area contributed by atoms with Gasteiger partial charge in [-0.15, -0.1) is 0 Å². The molecule has 0 saturated carbocycles. The number of aliphatic hydroxyl groups excluding tert-OH is 1. The molecule has 0 amide bonds. The fraction of sp³-hybridized carbons (Fsp3) is 0.500. The number of nitrogens with two attached hydrogens (primary N) is 1. The smallest absolute Gasteiger partial charge is 0.400 e. The van der Waals surface area contributed by atoms with Crippen molar-refractivity contribution in [3.8, 4) is 0 Å². The van der Waals surface area contributed by atoms with E-state index in [4.69, 9.17) is 15.0 Å². The van der Waals surface area contributed by atoms with E-state index in [9.17, 15) is 9.50 Å². The van der Waals surface area contributed by atoms with Crippen LogP contribution in [0.2, 0.25) is 0 Å². The highest BCUT2D eigenvalue weighted by Crippen LogP contribution is 2.38. The highest BCUT2D eigenvalue weighted by molar-refractivity contribution is 6.55. The molecule has 2 rings (SSSR count). The first-order valence-corrected chi connectivity index (χ1v) is 7.35. The Hall–Kier alpha value is -1.21. The van der Waals surface area contributed by atoms with Crippen molar-refractivity contribution in [1.29, 1.82) is 0 Å². The van der Waals surface area contributed by atoms with Crippen molar-refractivity contribution in [2.75, 3.05) is 6.54 Å². The molecule has 0 radical (unpaired) electrons. The molecule has 0 unspecified atom stereocenters. The van der Waals surface area contributed by atoms with Crippen molar-refractivity contribution in [2.45, 2.75) is 45.5 Å². The van der Waals surface area contributed by atoms with Crippen LogP contribution in [0.15, 0.2) is 23.7 Å². The van der Waals surface area contributed by atoms with E-state index in [1.54, 1.807) is 12.1 Å². The van der Waals surface area contributed by atoms with E-state index >= 15 is 0 Å².